The Morgan fingerprint density at radius 2 is 1.52 bits per heavy atom. The summed E-state index contributed by atoms with van der Waals surface area (Å²) in [5.41, 5.74) is 1.88. The molecule has 25 heavy (non-hydrogen) atoms. The Labute approximate surface area is 164 Å². The third kappa shape index (κ3) is 4.08. The van der Waals surface area contributed by atoms with Crippen LogP contribution in [0.25, 0.3) is 0 Å². The molecule has 0 bridgehead atoms. The average Bonchev–Trinajstić information content (AvgIpc) is 2.63. The van der Waals surface area contributed by atoms with Gasteiger partial charge in [-0.25, -0.2) is 0 Å². The summed E-state index contributed by atoms with van der Waals surface area (Å²) in [6.45, 7) is 0. The number of hydrogen-bond acceptors (Lipinski definition) is 2. The second kappa shape index (κ2) is 7.80. The van der Waals surface area contributed by atoms with Gasteiger partial charge in [-0.3, -0.25) is 9.59 Å². The highest BCUT2D eigenvalue weighted by Crippen LogP contribution is 2.25. The molecule has 0 fully saturated rings. The Morgan fingerprint density at radius 3 is 2.24 bits per heavy atom. The van der Waals surface area contributed by atoms with Crippen LogP contribution >= 0.6 is 34.2 Å². The molecule has 1 amide bonds. The van der Waals surface area contributed by atoms with E-state index in [9.17, 15) is 9.59 Å². The van der Waals surface area contributed by atoms with Gasteiger partial charge in [0, 0.05) is 19.7 Å². The number of nitrogens with one attached hydrogen (secondary N) is 1. The number of amides is 1. The van der Waals surface area contributed by atoms with Gasteiger partial charge < -0.3 is 5.32 Å². The highest BCUT2D eigenvalue weighted by molar-refractivity contribution is 14.1. The topological polar surface area (TPSA) is 46.2 Å². The maximum atomic E-state index is 12.8. The minimum Gasteiger partial charge on any atom is -0.321 e. The zero-order valence-corrected chi connectivity index (χ0v) is 15.9. The van der Waals surface area contributed by atoms with E-state index < -0.39 is 0 Å². The summed E-state index contributed by atoms with van der Waals surface area (Å²) in [6.07, 6.45) is 0. The van der Waals surface area contributed by atoms with Gasteiger partial charge in [0.25, 0.3) is 5.91 Å². The number of carbonyl (C=O) groups excluding carboxylic acids is 2. The van der Waals surface area contributed by atoms with Gasteiger partial charge in [-0.2, -0.15) is 0 Å². The van der Waals surface area contributed by atoms with Crippen molar-refractivity contribution in [2.45, 2.75) is 0 Å². The molecule has 0 heterocycles. The Bertz CT molecular complexity index is 941. The minimum atomic E-state index is -0.269. The molecular formula is C20H13ClINO2. The summed E-state index contributed by atoms with van der Waals surface area (Å²) in [5, 5.41) is 3.26. The molecule has 0 aliphatic heterocycles. The van der Waals surface area contributed by atoms with E-state index in [2.05, 4.69) is 27.9 Å². The molecular weight excluding hydrogens is 449 g/mol. The van der Waals surface area contributed by atoms with E-state index in [0.717, 1.165) is 3.57 Å². The van der Waals surface area contributed by atoms with Crippen LogP contribution in [0.3, 0.4) is 0 Å². The lowest BCUT2D eigenvalue weighted by Gasteiger charge is -2.12. The van der Waals surface area contributed by atoms with E-state index in [1.807, 2.05) is 18.2 Å². The van der Waals surface area contributed by atoms with Crippen molar-refractivity contribution in [3.05, 3.63) is 98.1 Å². The van der Waals surface area contributed by atoms with Crippen molar-refractivity contribution in [1.82, 2.24) is 0 Å². The van der Waals surface area contributed by atoms with E-state index in [4.69, 9.17) is 11.6 Å². The maximum absolute atomic E-state index is 12.8. The molecule has 5 heteroatoms. The monoisotopic (exact) mass is 461 g/mol. The van der Waals surface area contributed by atoms with Gasteiger partial charge >= 0.3 is 0 Å². The maximum Gasteiger partial charge on any atom is 0.256 e. The van der Waals surface area contributed by atoms with Gasteiger partial charge in [0.1, 0.15) is 0 Å². The lowest BCUT2D eigenvalue weighted by Crippen LogP contribution is -2.16. The summed E-state index contributed by atoms with van der Waals surface area (Å²) in [5.74, 6) is -0.462. The summed E-state index contributed by atoms with van der Waals surface area (Å²) in [4.78, 5) is 25.4. The fourth-order valence-electron chi connectivity index (χ4n) is 2.39. The number of hydrogen-bond donors (Lipinski definition) is 1. The highest BCUT2D eigenvalue weighted by Gasteiger charge is 2.17. The number of rotatable bonds is 4. The van der Waals surface area contributed by atoms with E-state index in [0.29, 0.717) is 27.4 Å². The summed E-state index contributed by atoms with van der Waals surface area (Å²) in [6, 6.07) is 21.0. The molecule has 0 spiro atoms. The van der Waals surface area contributed by atoms with E-state index in [1.54, 1.807) is 54.6 Å². The zero-order chi connectivity index (χ0) is 17.8. The first-order chi connectivity index (χ1) is 12.1. The van der Waals surface area contributed by atoms with Gasteiger partial charge in [-0.1, -0.05) is 54.1 Å². The van der Waals surface area contributed by atoms with Gasteiger partial charge in [0.2, 0.25) is 0 Å². The summed E-state index contributed by atoms with van der Waals surface area (Å²) < 4.78 is 0.836. The van der Waals surface area contributed by atoms with Crippen LogP contribution in [0.5, 0.6) is 0 Å². The first-order valence-electron chi connectivity index (χ1n) is 7.51. The van der Waals surface area contributed by atoms with Crippen LogP contribution < -0.4 is 5.32 Å². The van der Waals surface area contributed by atoms with Crippen molar-refractivity contribution < 1.29 is 9.59 Å². The molecule has 124 valence electrons. The minimum absolute atomic E-state index is 0.193. The average molecular weight is 462 g/mol. The van der Waals surface area contributed by atoms with Crippen LogP contribution in [0.1, 0.15) is 26.3 Å². The Hall–Kier alpha value is -2.18. The molecule has 0 aliphatic carbocycles. The lowest BCUT2D eigenvalue weighted by atomic mass is 10.0. The van der Waals surface area contributed by atoms with Crippen molar-refractivity contribution >= 4 is 51.6 Å². The Balaban J connectivity index is 1.96. The standard InChI is InChI=1S/C20H13ClINO2/c21-14-10-11-18(23-20(25)15-8-4-5-9-17(15)22)16(12-14)19(24)13-6-2-1-3-7-13/h1-12H,(H,23,25). The normalized spacial score (nSPS) is 10.3. The van der Waals surface area contributed by atoms with Gasteiger partial charge in [-0.05, 0) is 52.9 Å². The molecule has 0 aliphatic rings. The predicted octanol–water partition coefficient (Wildman–Crippen LogP) is 5.43. The lowest BCUT2D eigenvalue weighted by molar-refractivity contribution is 0.102. The van der Waals surface area contributed by atoms with E-state index >= 15 is 0 Å². The van der Waals surface area contributed by atoms with Crippen LogP contribution in [-0.2, 0) is 0 Å². The SMILES string of the molecule is O=C(Nc1ccc(Cl)cc1C(=O)c1ccccc1)c1ccccc1I. The molecule has 0 atom stereocenters. The summed E-state index contributed by atoms with van der Waals surface area (Å²) in [7, 11) is 0. The Kier molecular flexibility index (Phi) is 5.50. The van der Waals surface area contributed by atoms with Crippen LogP contribution in [0.2, 0.25) is 5.02 Å². The van der Waals surface area contributed by atoms with Gasteiger partial charge in [0.15, 0.2) is 5.78 Å². The van der Waals surface area contributed by atoms with Crippen molar-refractivity contribution in [3.8, 4) is 0 Å². The molecule has 3 aromatic carbocycles. The number of anilines is 1. The Morgan fingerprint density at radius 1 is 0.840 bits per heavy atom. The third-order valence-electron chi connectivity index (χ3n) is 3.63. The van der Waals surface area contributed by atoms with Gasteiger partial charge in [0.05, 0.1) is 11.3 Å². The van der Waals surface area contributed by atoms with Crippen molar-refractivity contribution in [2.75, 3.05) is 5.32 Å². The molecule has 3 rings (SSSR count). The largest absolute Gasteiger partial charge is 0.321 e. The fourth-order valence-corrected chi connectivity index (χ4v) is 3.20. The van der Waals surface area contributed by atoms with Gasteiger partial charge in [-0.15, -0.1) is 0 Å². The molecule has 0 saturated heterocycles. The van der Waals surface area contributed by atoms with Crippen molar-refractivity contribution in [3.63, 3.8) is 0 Å². The van der Waals surface area contributed by atoms with Crippen molar-refractivity contribution in [1.29, 1.82) is 0 Å². The number of halogens is 2. The predicted molar refractivity (Wildman–Crippen MR) is 108 cm³/mol. The second-order valence-corrected chi connectivity index (χ2v) is 6.92. The molecule has 0 aromatic heterocycles. The quantitative estimate of drug-likeness (QED) is 0.416. The van der Waals surface area contributed by atoms with E-state index in [-0.39, 0.29) is 11.7 Å². The van der Waals surface area contributed by atoms with Crippen molar-refractivity contribution in [2.24, 2.45) is 0 Å². The first-order valence-corrected chi connectivity index (χ1v) is 8.97. The zero-order valence-electron chi connectivity index (χ0n) is 13.0. The smallest absolute Gasteiger partial charge is 0.256 e. The second-order valence-electron chi connectivity index (χ2n) is 5.32. The number of benzene rings is 3. The summed E-state index contributed by atoms with van der Waals surface area (Å²) >= 11 is 8.17. The first kappa shape index (κ1) is 17.6. The van der Waals surface area contributed by atoms with Crippen LogP contribution in [0.15, 0.2) is 72.8 Å². The number of carbonyl (C=O) groups is 2. The fraction of sp³-hybridized carbons (Fsp3) is 0. The van der Waals surface area contributed by atoms with E-state index in [1.165, 1.54) is 0 Å². The third-order valence-corrected chi connectivity index (χ3v) is 4.80. The van der Waals surface area contributed by atoms with Crippen LogP contribution in [0, 0.1) is 3.57 Å². The van der Waals surface area contributed by atoms with Crippen LogP contribution in [-0.4, -0.2) is 11.7 Å². The van der Waals surface area contributed by atoms with Crippen LogP contribution in [0.4, 0.5) is 5.69 Å². The molecule has 0 saturated carbocycles. The molecule has 0 unspecified atom stereocenters. The molecule has 3 nitrogen and oxygen atoms in total. The molecule has 0 radical (unpaired) electrons. The number of ketones is 1. The highest BCUT2D eigenvalue weighted by atomic mass is 127. The molecule has 1 N–H and O–H groups in total. The molecule has 3 aromatic rings.